The first kappa shape index (κ1) is 21.6. The topological polar surface area (TPSA) is 102 Å². The molecular formula is C22H24ClN3O4. The highest BCUT2D eigenvalue weighted by atomic mass is 35.5. The Morgan fingerprint density at radius 2 is 1.83 bits per heavy atom. The van der Waals surface area contributed by atoms with Gasteiger partial charge in [-0.05, 0) is 30.0 Å². The molecule has 2 atom stereocenters. The SMILES string of the molecule is NC(=O)[C@H](Cc1ccccc1Cl)NC(=O)[C@H]1CCCN1C(=O)OCc1ccccc1. The molecule has 1 heterocycles. The van der Waals surface area contributed by atoms with Crippen LogP contribution in [0.2, 0.25) is 5.02 Å². The number of carbonyl (C=O) groups is 3. The van der Waals surface area contributed by atoms with E-state index < -0.39 is 30.0 Å². The van der Waals surface area contributed by atoms with Gasteiger partial charge >= 0.3 is 6.09 Å². The number of rotatable bonds is 7. The molecule has 8 heteroatoms. The molecule has 7 nitrogen and oxygen atoms in total. The van der Waals surface area contributed by atoms with Gasteiger partial charge in [-0.25, -0.2) is 4.79 Å². The molecule has 3 rings (SSSR count). The van der Waals surface area contributed by atoms with Gasteiger partial charge in [0.05, 0.1) is 0 Å². The van der Waals surface area contributed by atoms with Crippen LogP contribution in [0.1, 0.15) is 24.0 Å². The Balaban J connectivity index is 1.61. The van der Waals surface area contributed by atoms with Gasteiger partial charge < -0.3 is 15.8 Å². The Morgan fingerprint density at radius 3 is 2.53 bits per heavy atom. The van der Waals surface area contributed by atoms with E-state index in [-0.39, 0.29) is 13.0 Å². The van der Waals surface area contributed by atoms with Crippen molar-refractivity contribution in [1.29, 1.82) is 0 Å². The lowest BCUT2D eigenvalue weighted by atomic mass is 10.0. The van der Waals surface area contributed by atoms with Crippen LogP contribution >= 0.6 is 11.6 Å². The predicted octanol–water partition coefficient (Wildman–Crippen LogP) is 2.65. The fourth-order valence-electron chi connectivity index (χ4n) is 3.43. The molecule has 0 aliphatic carbocycles. The molecule has 158 valence electrons. The Labute approximate surface area is 180 Å². The zero-order chi connectivity index (χ0) is 21.5. The number of hydrogen-bond donors (Lipinski definition) is 2. The lowest BCUT2D eigenvalue weighted by Crippen LogP contribution is -2.53. The molecule has 0 saturated carbocycles. The average Bonchev–Trinajstić information content (AvgIpc) is 3.24. The monoisotopic (exact) mass is 429 g/mol. The van der Waals surface area contributed by atoms with Gasteiger partial charge in [0.25, 0.3) is 0 Å². The summed E-state index contributed by atoms with van der Waals surface area (Å²) in [6.45, 7) is 0.540. The highest BCUT2D eigenvalue weighted by Crippen LogP contribution is 2.20. The second-order valence-electron chi connectivity index (χ2n) is 7.15. The van der Waals surface area contributed by atoms with Gasteiger partial charge in [0, 0.05) is 18.0 Å². The van der Waals surface area contributed by atoms with Crippen LogP contribution in [-0.2, 0) is 27.4 Å². The number of benzene rings is 2. The van der Waals surface area contributed by atoms with Gasteiger partial charge in [0.1, 0.15) is 18.7 Å². The third kappa shape index (κ3) is 5.51. The third-order valence-corrected chi connectivity index (χ3v) is 5.41. The minimum absolute atomic E-state index is 0.126. The van der Waals surface area contributed by atoms with Crippen molar-refractivity contribution in [2.45, 2.75) is 38.0 Å². The lowest BCUT2D eigenvalue weighted by Gasteiger charge is -2.25. The normalized spacial score (nSPS) is 16.7. The second kappa shape index (κ2) is 10.1. The standard InChI is InChI=1S/C22H24ClN3O4/c23-17-10-5-4-9-16(17)13-18(20(24)27)25-21(28)19-11-6-12-26(19)22(29)30-14-15-7-2-1-3-8-15/h1-5,7-10,18-19H,6,11-14H2,(H2,24,27)(H,25,28)/t18-,19+/m0/s1. The maximum absolute atomic E-state index is 12.8. The summed E-state index contributed by atoms with van der Waals surface area (Å²) >= 11 is 6.15. The summed E-state index contributed by atoms with van der Waals surface area (Å²) in [5.74, 6) is -1.10. The van der Waals surface area contributed by atoms with Crippen LogP contribution in [0.5, 0.6) is 0 Å². The molecule has 30 heavy (non-hydrogen) atoms. The molecule has 1 aliphatic rings. The Bertz CT molecular complexity index is 906. The van der Waals surface area contributed by atoms with E-state index in [1.165, 1.54) is 4.90 Å². The zero-order valence-corrected chi connectivity index (χ0v) is 17.2. The number of nitrogens with one attached hydrogen (secondary N) is 1. The number of carbonyl (C=O) groups excluding carboxylic acids is 3. The fourth-order valence-corrected chi connectivity index (χ4v) is 3.65. The molecule has 0 radical (unpaired) electrons. The lowest BCUT2D eigenvalue weighted by molar-refractivity contribution is -0.130. The molecule has 3 N–H and O–H groups in total. The van der Waals surface area contributed by atoms with Crippen LogP contribution in [0.15, 0.2) is 54.6 Å². The third-order valence-electron chi connectivity index (χ3n) is 5.04. The first-order valence-electron chi connectivity index (χ1n) is 9.76. The summed E-state index contributed by atoms with van der Waals surface area (Å²) < 4.78 is 5.35. The van der Waals surface area contributed by atoms with Gasteiger partial charge in [-0.3, -0.25) is 14.5 Å². The summed E-state index contributed by atoms with van der Waals surface area (Å²) in [6, 6.07) is 14.7. The highest BCUT2D eigenvalue weighted by Gasteiger charge is 2.36. The van der Waals surface area contributed by atoms with E-state index in [9.17, 15) is 14.4 Å². The number of primary amides is 1. The molecule has 1 saturated heterocycles. The van der Waals surface area contributed by atoms with Crippen molar-refractivity contribution < 1.29 is 19.1 Å². The number of halogens is 1. The van der Waals surface area contributed by atoms with Crippen molar-refractivity contribution in [3.8, 4) is 0 Å². The van der Waals surface area contributed by atoms with Crippen molar-refractivity contribution in [2.24, 2.45) is 5.73 Å². The number of nitrogens with two attached hydrogens (primary N) is 1. The van der Waals surface area contributed by atoms with Crippen LogP contribution in [0.25, 0.3) is 0 Å². The van der Waals surface area contributed by atoms with E-state index in [2.05, 4.69) is 5.32 Å². The second-order valence-corrected chi connectivity index (χ2v) is 7.56. The van der Waals surface area contributed by atoms with Crippen molar-refractivity contribution in [1.82, 2.24) is 10.2 Å². The number of likely N-dealkylation sites (tertiary alicyclic amines) is 1. The van der Waals surface area contributed by atoms with Crippen LogP contribution in [0.4, 0.5) is 4.79 Å². The summed E-state index contributed by atoms with van der Waals surface area (Å²) in [6.07, 6.45) is 0.776. The average molecular weight is 430 g/mol. The molecule has 0 aromatic heterocycles. The van der Waals surface area contributed by atoms with Crippen molar-refractivity contribution in [3.63, 3.8) is 0 Å². The smallest absolute Gasteiger partial charge is 0.410 e. The summed E-state index contributed by atoms with van der Waals surface area (Å²) in [5.41, 5.74) is 7.05. The van der Waals surface area contributed by atoms with E-state index >= 15 is 0 Å². The number of amides is 3. The molecule has 1 aliphatic heterocycles. The molecule has 0 spiro atoms. The van der Waals surface area contributed by atoms with Crippen LogP contribution < -0.4 is 11.1 Å². The van der Waals surface area contributed by atoms with Crippen LogP contribution in [0, 0.1) is 0 Å². The van der Waals surface area contributed by atoms with E-state index in [0.29, 0.717) is 30.0 Å². The minimum atomic E-state index is -0.930. The molecule has 2 aromatic rings. The van der Waals surface area contributed by atoms with E-state index in [1.807, 2.05) is 30.3 Å². The van der Waals surface area contributed by atoms with E-state index in [0.717, 1.165) is 5.56 Å². The molecule has 0 unspecified atom stereocenters. The Kier molecular flexibility index (Phi) is 7.30. The fraction of sp³-hybridized carbons (Fsp3) is 0.318. The Hall–Kier alpha value is -3.06. The molecular weight excluding hydrogens is 406 g/mol. The molecule has 1 fully saturated rings. The van der Waals surface area contributed by atoms with Crippen molar-refractivity contribution in [2.75, 3.05) is 6.54 Å². The zero-order valence-electron chi connectivity index (χ0n) is 16.4. The number of hydrogen-bond acceptors (Lipinski definition) is 4. The summed E-state index contributed by atoms with van der Waals surface area (Å²) in [4.78, 5) is 38.6. The maximum Gasteiger partial charge on any atom is 0.410 e. The van der Waals surface area contributed by atoms with Crippen LogP contribution in [-0.4, -0.2) is 41.4 Å². The maximum atomic E-state index is 12.8. The minimum Gasteiger partial charge on any atom is -0.445 e. The van der Waals surface area contributed by atoms with E-state index in [4.69, 9.17) is 22.1 Å². The highest BCUT2D eigenvalue weighted by molar-refractivity contribution is 6.31. The Morgan fingerprint density at radius 1 is 1.13 bits per heavy atom. The van der Waals surface area contributed by atoms with Gasteiger partial charge in [0.2, 0.25) is 11.8 Å². The largest absolute Gasteiger partial charge is 0.445 e. The first-order valence-corrected chi connectivity index (χ1v) is 10.1. The quantitative estimate of drug-likeness (QED) is 0.706. The van der Waals surface area contributed by atoms with Crippen molar-refractivity contribution in [3.05, 3.63) is 70.7 Å². The number of nitrogens with zero attached hydrogens (tertiary/aromatic N) is 1. The van der Waals surface area contributed by atoms with Crippen molar-refractivity contribution >= 4 is 29.5 Å². The summed E-state index contributed by atoms with van der Waals surface area (Å²) in [7, 11) is 0. The first-order chi connectivity index (χ1) is 14.5. The van der Waals surface area contributed by atoms with E-state index in [1.54, 1.807) is 24.3 Å². The van der Waals surface area contributed by atoms with Gasteiger partial charge in [-0.1, -0.05) is 60.1 Å². The van der Waals surface area contributed by atoms with Gasteiger partial charge in [0.15, 0.2) is 0 Å². The predicted molar refractivity (Wildman–Crippen MR) is 113 cm³/mol. The number of ether oxygens (including phenoxy) is 1. The molecule has 0 bridgehead atoms. The molecule has 2 aromatic carbocycles. The van der Waals surface area contributed by atoms with Gasteiger partial charge in [-0.2, -0.15) is 0 Å². The van der Waals surface area contributed by atoms with Crippen LogP contribution in [0.3, 0.4) is 0 Å². The summed E-state index contributed by atoms with van der Waals surface area (Å²) in [5, 5.41) is 3.16. The van der Waals surface area contributed by atoms with Gasteiger partial charge in [-0.15, -0.1) is 0 Å². The molecule has 3 amide bonds.